The van der Waals surface area contributed by atoms with Gasteiger partial charge in [0.15, 0.2) is 5.82 Å². The molecule has 0 saturated heterocycles. The van der Waals surface area contributed by atoms with Gasteiger partial charge in [-0.1, -0.05) is 13.8 Å². The molecule has 20 heavy (non-hydrogen) atoms. The van der Waals surface area contributed by atoms with Gasteiger partial charge in [0.25, 0.3) is 15.0 Å². The zero-order chi connectivity index (χ0) is 15.3. The van der Waals surface area contributed by atoms with Gasteiger partial charge in [0.2, 0.25) is 0 Å². The van der Waals surface area contributed by atoms with Crippen LogP contribution in [0.1, 0.15) is 30.6 Å². The minimum atomic E-state index is -4.47. The van der Waals surface area contributed by atoms with Crippen LogP contribution < -0.4 is 5.32 Å². The Balaban J connectivity index is 2.37. The summed E-state index contributed by atoms with van der Waals surface area (Å²) < 4.78 is 49.6. The van der Waals surface area contributed by atoms with E-state index in [1.54, 1.807) is 0 Å². The van der Waals surface area contributed by atoms with Crippen LogP contribution in [0.25, 0.3) is 0 Å². The lowest BCUT2D eigenvalue weighted by molar-refractivity contribution is 0.0941. The number of rotatable bonds is 3. The highest BCUT2D eigenvalue weighted by molar-refractivity contribution is 8.13. The summed E-state index contributed by atoms with van der Waals surface area (Å²) in [5, 5.41) is 2.52. The minimum Gasteiger partial charge on any atom is -0.349 e. The van der Waals surface area contributed by atoms with E-state index in [0.717, 1.165) is 6.42 Å². The molecule has 1 aliphatic carbocycles. The van der Waals surface area contributed by atoms with E-state index in [9.17, 15) is 22.0 Å². The van der Waals surface area contributed by atoms with E-state index in [4.69, 9.17) is 10.7 Å². The van der Waals surface area contributed by atoms with E-state index in [0.29, 0.717) is 12.1 Å². The Morgan fingerprint density at radius 1 is 1.40 bits per heavy atom. The van der Waals surface area contributed by atoms with Gasteiger partial charge >= 0.3 is 0 Å². The highest BCUT2D eigenvalue weighted by atomic mass is 35.7. The average molecular weight is 324 g/mol. The highest BCUT2D eigenvalue weighted by Crippen LogP contribution is 2.44. The van der Waals surface area contributed by atoms with Gasteiger partial charge in [-0.15, -0.1) is 0 Å². The molecule has 4 nitrogen and oxygen atoms in total. The van der Waals surface area contributed by atoms with Crippen LogP contribution >= 0.6 is 10.7 Å². The first-order valence-corrected chi connectivity index (χ1v) is 8.08. The molecule has 1 unspecified atom stereocenters. The Hall–Kier alpha value is -1.21. The fourth-order valence-electron chi connectivity index (χ4n) is 1.86. The molecule has 110 valence electrons. The van der Waals surface area contributed by atoms with Gasteiger partial charge in [0.1, 0.15) is 10.7 Å². The maximum atomic E-state index is 14.0. The van der Waals surface area contributed by atoms with Gasteiger partial charge in [-0.05, 0) is 24.0 Å². The van der Waals surface area contributed by atoms with Crippen LogP contribution in [0.2, 0.25) is 0 Å². The van der Waals surface area contributed by atoms with E-state index >= 15 is 0 Å². The lowest BCUT2D eigenvalue weighted by atomic mass is 10.1. The monoisotopic (exact) mass is 323 g/mol. The van der Waals surface area contributed by atoms with Crippen molar-refractivity contribution >= 4 is 25.6 Å². The van der Waals surface area contributed by atoms with Crippen molar-refractivity contribution in [1.29, 1.82) is 0 Å². The smallest absolute Gasteiger partial charge is 0.264 e. The molecule has 8 heteroatoms. The van der Waals surface area contributed by atoms with Crippen molar-refractivity contribution in [2.75, 3.05) is 0 Å². The molecule has 1 saturated carbocycles. The second-order valence-corrected chi connectivity index (χ2v) is 7.96. The first-order chi connectivity index (χ1) is 9.02. The van der Waals surface area contributed by atoms with Crippen LogP contribution in [-0.4, -0.2) is 20.4 Å². The topological polar surface area (TPSA) is 63.2 Å². The summed E-state index contributed by atoms with van der Waals surface area (Å²) in [7, 11) is 0.539. The van der Waals surface area contributed by atoms with Crippen molar-refractivity contribution in [3.8, 4) is 0 Å². The first-order valence-electron chi connectivity index (χ1n) is 5.77. The zero-order valence-corrected chi connectivity index (χ0v) is 12.3. The summed E-state index contributed by atoms with van der Waals surface area (Å²) in [6, 6.07) is 0.940. The van der Waals surface area contributed by atoms with Crippen LogP contribution in [0, 0.1) is 17.0 Å². The number of carbonyl (C=O) groups excluding carboxylic acids is 1. The summed E-state index contributed by atoms with van der Waals surface area (Å²) in [6.45, 7) is 3.82. The number of nitrogens with one attached hydrogen (secondary N) is 1. The quantitative estimate of drug-likeness (QED) is 0.869. The third kappa shape index (κ3) is 2.93. The number of halogens is 3. The second-order valence-electron chi connectivity index (χ2n) is 5.42. The summed E-state index contributed by atoms with van der Waals surface area (Å²) in [4.78, 5) is 10.8. The third-order valence-corrected chi connectivity index (χ3v) is 4.65. The maximum Gasteiger partial charge on any atom is 0.264 e. The number of hydrogen-bond donors (Lipinski definition) is 1. The molecule has 1 aromatic rings. The molecule has 0 aromatic heterocycles. The molecule has 1 aliphatic rings. The number of amides is 1. The Morgan fingerprint density at radius 2 is 1.95 bits per heavy atom. The third-order valence-electron chi connectivity index (χ3n) is 3.33. The second kappa shape index (κ2) is 4.66. The average Bonchev–Trinajstić information content (AvgIpc) is 2.87. The van der Waals surface area contributed by atoms with Crippen molar-refractivity contribution in [1.82, 2.24) is 5.32 Å². The lowest BCUT2D eigenvalue weighted by Crippen LogP contribution is -2.29. The predicted octanol–water partition coefficient (Wildman–Crippen LogP) is 2.42. The van der Waals surface area contributed by atoms with Crippen LogP contribution in [0.4, 0.5) is 8.78 Å². The van der Waals surface area contributed by atoms with E-state index < -0.39 is 37.1 Å². The van der Waals surface area contributed by atoms with Crippen molar-refractivity contribution in [3.05, 3.63) is 29.3 Å². The van der Waals surface area contributed by atoms with Crippen LogP contribution in [0.15, 0.2) is 17.0 Å². The Bertz CT molecular complexity index is 688. The molecule has 0 aliphatic heterocycles. The van der Waals surface area contributed by atoms with Crippen molar-refractivity contribution < 1.29 is 22.0 Å². The minimum absolute atomic E-state index is 0.0964. The normalized spacial score (nSPS) is 20.6. The fourth-order valence-corrected chi connectivity index (χ4v) is 2.77. The SMILES string of the molecule is CC1(C)CC1NC(=O)c1cc(F)cc(S(=O)(=O)Cl)c1F. The summed E-state index contributed by atoms with van der Waals surface area (Å²) in [5.74, 6) is -3.26. The van der Waals surface area contributed by atoms with E-state index in [1.165, 1.54) is 0 Å². The molecular weight excluding hydrogens is 312 g/mol. The van der Waals surface area contributed by atoms with Crippen LogP contribution in [0.5, 0.6) is 0 Å². The highest BCUT2D eigenvalue weighted by Gasteiger charge is 2.46. The summed E-state index contributed by atoms with van der Waals surface area (Å²) >= 11 is 0. The first kappa shape index (κ1) is 15.2. The number of hydrogen-bond acceptors (Lipinski definition) is 3. The van der Waals surface area contributed by atoms with Gasteiger partial charge < -0.3 is 5.32 Å². The van der Waals surface area contributed by atoms with Gasteiger partial charge in [-0.25, -0.2) is 17.2 Å². The molecular formula is C12H12ClF2NO3S. The molecule has 0 heterocycles. The van der Waals surface area contributed by atoms with Gasteiger partial charge in [0, 0.05) is 16.7 Å². The van der Waals surface area contributed by atoms with Crippen LogP contribution in [-0.2, 0) is 9.05 Å². The maximum absolute atomic E-state index is 14.0. The molecule has 0 spiro atoms. The Labute approximate surface area is 119 Å². The summed E-state index contributed by atoms with van der Waals surface area (Å²) in [6.07, 6.45) is 0.719. The van der Waals surface area contributed by atoms with Gasteiger partial charge in [0.05, 0.1) is 5.56 Å². The largest absolute Gasteiger partial charge is 0.349 e. The van der Waals surface area contributed by atoms with Crippen molar-refractivity contribution in [3.63, 3.8) is 0 Å². The molecule has 1 N–H and O–H groups in total. The van der Waals surface area contributed by atoms with E-state index in [1.807, 2.05) is 13.8 Å². The fraction of sp³-hybridized carbons (Fsp3) is 0.417. The Kier molecular flexibility index (Phi) is 3.54. The standard InChI is InChI=1S/C12H12ClF2NO3S/c1-12(2)5-9(12)16-11(17)7-3-6(14)4-8(10(7)15)20(13,18)19/h3-4,9H,5H2,1-2H3,(H,16,17). The van der Waals surface area contributed by atoms with Crippen molar-refractivity contribution in [2.24, 2.45) is 5.41 Å². The molecule has 0 bridgehead atoms. The van der Waals surface area contributed by atoms with Crippen molar-refractivity contribution in [2.45, 2.75) is 31.2 Å². The molecule has 1 aromatic carbocycles. The van der Waals surface area contributed by atoms with Crippen LogP contribution in [0.3, 0.4) is 0 Å². The van der Waals surface area contributed by atoms with E-state index in [-0.39, 0.29) is 11.5 Å². The molecule has 1 fully saturated rings. The predicted molar refractivity (Wildman–Crippen MR) is 69.0 cm³/mol. The van der Waals surface area contributed by atoms with E-state index in [2.05, 4.69) is 5.32 Å². The molecule has 1 atom stereocenters. The van der Waals surface area contributed by atoms with Gasteiger partial charge in [-0.2, -0.15) is 0 Å². The lowest BCUT2D eigenvalue weighted by Gasteiger charge is -2.09. The molecule has 2 rings (SSSR count). The van der Waals surface area contributed by atoms with Gasteiger partial charge in [-0.3, -0.25) is 4.79 Å². The summed E-state index contributed by atoms with van der Waals surface area (Å²) in [5.41, 5.74) is -0.771. The number of benzene rings is 1. The molecule has 1 amide bonds. The Morgan fingerprint density at radius 3 is 2.40 bits per heavy atom. The number of carbonyl (C=O) groups is 1. The zero-order valence-electron chi connectivity index (χ0n) is 10.7. The molecule has 0 radical (unpaired) electrons.